The van der Waals surface area contributed by atoms with Crippen LogP contribution < -0.4 is 16.2 Å². The number of rotatable bonds is 4. The fraction of sp³-hybridized carbons (Fsp3) is 0.300. The Kier molecular flexibility index (Phi) is 3.94. The number of pyridine rings is 1. The van der Waals surface area contributed by atoms with Gasteiger partial charge in [-0.3, -0.25) is 0 Å². The Morgan fingerprint density at radius 1 is 1.50 bits per heavy atom. The molecule has 0 aliphatic rings. The summed E-state index contributed by atoms with van der Waals surface area (Å²) in [5, 5.41) is 0. The predicted octanol–water partition coefficient (Wildman–Crippen LogP) is 1.03. The van der Waals surface area contributed by atoms with Gasteiger partial charge in [-0.1, -0.05) is 6.08 Å². The lowest BCUT2D eigenvalue weighted by atomic mass is 10.3. The highest BCUT2D eigenvalue weighted by Crippen LogP contribution is 2.18. The summed E-state index contributed by atoms with van der Waals surface area (Å²) in [6, 6.07) is 3.61. The number of aromatic nitrogens is 1. The van der Waals surface area contributed by atoms with Gasteiger partial charge in [-0.05, 0) is 31.2 Å². The summed E-state index contributed by atoms with van der Waals surface area (Å²) in [5.74, 6) is 0.458. The lowest BCUT2D eigenvalue weighted by molar-refractivity contribution is 0.400. The largest absolute Gasteiger partial charge is 0.480 e. The molecule has 1 rings (SSSR count). The van der Waals surface area contributed by atoms with Crippen LogP contribution in [0.1, 0.15) is 12.1 Å². The maximum atomic E-state index is 5.62. The summed E-state index contributed by atoms with van der Waals surface area (Å²) < 4.78 is 5.00. The second kappa shape index (κ2) is 5.24. The van der Waals surface area contributed by atoms with E-state index in [-0.39, 0.29) is 0 Å². The third-order valence-electron chi connectivity index (χ3n) is 1.73. The molecule has 0 aliphatic carbocycles. The molecule has 0 aliphatic heterocycles. The van der Waals surface area contributed by atoms with E-state index < -0.39 is 0 Å². The number of nitrogens with zero attached hydrogens (tertiary/aromatic N) is 1. The van der Waals surface area contributed by atoms with Gasteiger partial charge in [-0.25, -0.2) is 4.98 Å². The quantitative estimate of drug-likeness (QED) is 0.749. The molecule has 4 N–H and O–H groups in total. The standard InChI is InChI=1S/C10H15N3O/c1-14-10-9(12)6-5-8(13-10)4-2-3-7-11/h2,4-6H,3,7,11-12H2,1H3. The number of nitrogens with two attached hydrogens (primary N) is 2. The van der Waals surface area contributed by atoms with Gasteiger partial charge in [0.05, 0.1) is 18.5 Å². The molecule has 76 valence electrons. The Morgan fingerprint density at radius 2 is 2.29 bits per heavy atom. The summed E-state index contributed by atoms with van der Waals surface area (Å²) in [7, 11) is 1.55. The van der Waals surface area contributed by atoms with Crippen molar-refractivity contribution in [1.82, 2.24) is 4.98 Å². The zero-order valence-electron chi connectivity index (χ0n) is 8.23. The summed E-state index contributed by atoms with van der Waals surface area (Å²) in [5.41, 5.74) is 12.3. The number of nitrogen functional groups attached to an aromatic ring is 1. The highest BCUT2D eigenvalue weighted by atomic mass is 16.5. The van der Waals surface area contributed by atoms with E-state index in [0.29, 0.717) is 18.1 Å². The molecule has 1 aromatic rings. The maximum absolute atomic E-state index is 5.62. The summed E-state index contributed by atoms with van der Waals surface area (Å²) in [4.78, 5) is 4.19. The Bertz CT molecular complexity index is 323. The van der Waals surface area contributed by atoms with Crippen molar-refractivity contribution in [3.05, 3.63) is 23.9 Å². The van der Waals surface area contributed by atoms with E-state index in [1.165, 1.54) is 0 Å². The molecule has 0 amide bonds. The molecular formula is C10H15N3O. The van der Waals surface area contributed by atoms with E-state index in [1.807, 2.05) is 18.2 Å². The summed E-state index contributed by atoms with van der Waals surface area (Å²) >= 11 is 0. The van der Waals surface area contributed by atoms with Gasteiger partial charge >= 0.3 is 0 Å². The van der Waals surface area contributed by atoms with Crippen molar-refractivity contribution < 1.29 is 4.74 Å². The van der Waals surface area contributed by atoms with Crippen LogP contribution in [-0.4, -0.2) is 18.6 Å². The third-order valence-corrected chi connectivity index (χ3v) is 1.73. The minimum Gasteiger partial charge on any atom is -0.480 e. The van der Waals surface area contributed by atoms with Crippen molar-refractivity contribution in [3.63, 3.8) is 0 Å². The molecule has 1 aromatic heterocycles. The van der Waals surface area contributed by atoms with Gasteiger partial charge < -0.3 is 16.2 Å². The van der Waals surface area contributed by atoms with Crippen molar-refractivity contribution in [1.29, 1.82) is 0 Å². The molecule has 1 heterocycles. The van der Waals surface area contributed by atoms with Crippen LogP contribution in [0.3, 0.4) is 0 Å². The molecular weight excluding hydrogens is 178 g/mol. The lowest BCUT2D eigenvalue weighted by Gasteiger charge is -2.03. The Balaban J connectivity index is 2.79. The molecule has 4 nitrogen and oxygen atoms in total. The van der Waals surface area contributed by atoms with Crippen LogP contribution in [0.4, 0.5) is 5.69 Å². The van der Waals surface area contributed by atoms with E-state index in [0.717, 1.165) is 12.1 Å². The first-order valence-electron chi connectivity index (χ1n) is 4.45. The Labute approximate surface area is 83.6 Å². The molecule has 0 bridgehead atoms. The smallest absolute Gasteiger partial charge is 0.237 e. The van der Waals surface area contributed by atoms with Crippen LogP contribution in [-0.2, 0) is 0 Å². The monoisotopic (exact) mass is 193 g/mol. The highest BCUT2D eigenvalue weighted by molar-refractivity contribution is 5.54. The average molecular weight is 193 g/mol. The second-order valence-corrected chi connectivity index (χ2v) is 2.81. The fourth-order valence-corrected chi connectivity index (χ4v) is 1.02. The first kappa shape index (κ1) is 10.5. The van der Waals surface area contributed by atoms with Crippen LogP contribution in [0.25, 0.3) is 6.08 Å². The van der Waals surface area contributed by atoms with Crippen LogP contribution in [0, 0.1) is 0 Å². The fourth-order valence-electron chi connectivity index (χ4n) is 1.02. The van der Waals surface area contributed by atoms with Crippen molar-refractivity contribution in [2.45, 2.75) is 6.42 Å². The summed E-state index contributed by atoms with van der Waals surface area (Å²) in [6.07, 6.45) is 4.71. The Hall–Kier alpha value is -1.55. The van der Waals surface area contributed by atoms with Crippen LogP contribution in [0.2, 0.25) is 0 Å². The molecule has 0 atom stereocenters. The lowest BCUT2D eigenvalue weighted by Crippen LogP contribution is -1.97. The molecule has 0 spiro atoms. The first-order chi connectivity index (χ1) is 6.77. The highest BCUT2D eigenvalue weighted by Gasteiger charge is 1.99. The molecule has 0 saturated heterocycles. The van der Waals surface area contributed by atoms with E-state index in [4.69, 9.17) is 16.2 Å². The van der Waals surface area contributed by atoms with Crippen LogP contribution in [0.15, 0.2) is 18.2 Å². The number of hydrogen-bond donors (Lipinski definition) is 2. The van der Waals surface area contributed by atoms with Gasteiger partial charge in [0.15, 0.2) is 0 Å². The van der Waals surface area contributed by atoms with E-state index in [1.54, 1.807) is 13.2 Å². The van der Waals surface area contributed by atoms with Crippen molar-refractivity contribution in [2.24, 2.45) is 5.73 Å². The topological polar surface area (TPSA) is 74.2 Å². The number of hydrogen-bond acceptors (Lipinski definition) is 4. The number of ether oxygens (including phenoxy) is 1. The van der Waals surface area contributed by atoms with Gasteiger partial charge in [0, 0.05) is 0 Å². The van der Waals surface area contributed by atoms with Crippen molar-refractivity contribution >= 4 is 11.8 Å². The minimum atomic E-state index is 0.458. The second-order valence-electron chi connectivity index (χ2n) is 2.81. The van der Waals surface area contributed by atoms with Gasteiger partial charge in [-0.15, -0.1) is 0 Å². The SMILES string of the molecule is COc1nc(C=CCCN)ccc1N. The Morgan fingerprint density at radius 3 is 2.93 bits per heavy atom. The zero-order valence-corrected chi connectivity index (χ0v) is 8.23. The molecule has 0 radical (unpaired) electrons. The molecule has 14 heavy (non-hydrogen) atoms. The number of anilines is 1. The van der Waals surface area contributed by atoms with Gasteiger partial charge in [-0.2, -0.15) is 0 Å². The maximum Gasteiger partial charge on any atom is 0.237 e. The van der Waals surface area contributed by atoms with Gasteiger partial charge in [0.25, 0.3) is 0 Å². The molecule has 0 unspecified atom stereocenters. The van der Waals surface area contributed by atoms with E-state index >= 15 is 0 Å². The van der Waals surface area contributed by atoms with Gasteiger partial charge in [0.1, 0.15) is 0 Å². The summed E-state index contributed by atoms with van der Waals surface area (Å²) in [6.45, 7) is 0.641. The first-order valence-corrected chi connectivity index (χ1v) is 4.45. The predicted molar refractivity (Wildman–Crippen MR) is 57.9 cm³/mol. The molecule has 0 fully saturated rings. The molecule has 0 saturated carbocycles. The van der Waals surface area contributed by atoms with Crippen LogP contribution in [0.5, 0.6) is 5.88 Å². The molecule has 4 heteroatoms. The van der Waals surface area contributed by atoms with Crippen molar-refractivity contribution in [2.75, 3.05) is 19.4 Å². The van der Waals surface area contributed by atoms with E-state index in [2.05, 4.69) is 4.98 Å². The average Bonchev–Trinajstić information content (AvgIpc) is 2.21. The third kappa shape index (κ3) is 2.74. The normalized spacial score (nSPS) is 10.7. The minimum absolute atomic E-state index is 0.458. The van der Waals surface area contributed by atoms with Crippen molar-refractivity contribution in [3.8, 4) is 5.88 Å². The van der Waals surface area contributed by atoms with Crippen LogP contribution >= 0.6 is 0 Å². The number of methoxy groups -OCH3 is 1. The zero-order chi connectivity index (χ0) is 10.4. The van der Waals surface area contributed by atoms with E-state index in [9.17, 15) is 0 Å². The molecule has 0 aromatic carbocycles. The van der Waals surface area contributed by atoms with Gasteiger partial charge in [0.2, 0.25) is 5.88 Å².